The number of carbonyl (C=O) groups excluding carboxylic acids is 2. The second-order valence-corrected chi connectivity index (χ2v) is 12.0. The number of amides is 3. The summed E-state index contributed by atoms with van der Waals surface area (Å²) in [5.41, 5.74) is 1.82. The van der Waals surface area contributed by atoms with Gasteiger partial charge in [0.05, 0.1) is 33.9 Å². The zero-order valence-corrected chi connectivity index (χ0v) is 25.0. The minimum Gasteiger partial charge on any atom is -0.486 e. The minimum atomic E-state index is -0.373. The van der Waals surface area contributed by atoms with E-state index in [9.17, 15) is 14.7 Å². The number of hydrogen-bond donors (Lipinski definition) is 3. The number of aliphatic hydroxyl groups is 1. The molecular formula is C30H40Cl2N4O4. The molecule has 2 aliphatic rings. The number of benzene rings is 2. The molecule has 40 heavy (non-hydrogen) atoms. The van der Waals surface area contributed by atoms with Gasteiger partial charge in [-0.3, -0.25) is 9.69 Å². The maximum Gasteiger partial charge on any atom is 0.319 e. The van der Waals surface area contributed by atoms with Crippen LogP contribution in [0, 0.1) is 5.92 Å². The fourth-order valence-corrected chi connectivity index (χ4v) is 5.79. The van der Waals surface area contributed by atoms with Gasteiger partial charge in [-0.25, -0.2) is 4.79 Å². The van der Waals surface area contributed by atoms with E-state index < -0.39 is 0 Å². The van der Waals surface area contributed by atoms with Crippen molar-refractivity contribution in [2.45, 2.75) is 70.7 Å². The molecule has 2 aromatic carbocycles. The average molecular weight is 592 g/mol. The topological polar surface area (TPSA) is 94.1 Å². The average Bonchev–Trinajstić information content (AvgIpc) is 2.93. The lowest BCUT2D eigenvalue weighted by molar-refractivity contribution is 0.0343. The van der Waals surface area contributed by atoms with Gasteiger partial charge in [0.25, 0.3) is 5.91 Å². The SMILES string of the molecule is C[C@@H]1CN([C@@H](C)CO)C(=O)c2cccc(NC(=O)NC3CCCCC3)c2O[C@@H]1CN(C)Cc1ccc(Cl)c(Cl)c1. The highest BCUT2D eigenvalue weighted by molar-refractivity contribution is 6.42. The van der Waals surface area contributed by atoms with Crippen LogP contribution in [0.2, 0.25) is 10.0 Å². The standard InChI is InChI=1S/C30H40Cl2N4O4/c1-19-15-36(20(2)18-37)29(38)23-10-7-11-26(34-30(39)33-22-8-5-4-6-9-22)28(23)40-27(19)17-35(3)16-21-12-13-24(31)25(32)14-21/h7,10-14,19-20,22,27,37H,4-6,8-9,15-18H2,1-3H3,(H2,33,34,39)/t19-,20+,27-/m1/s1. The first-order valence-electron chi connectivity index (χ1n) is 14.1. The first kappa shape index (κ1) is 30.4. The second kappa shape index (κ2) is 13.9. The molecule has 2 aromatic rings. The van der Waals surface area contributed by atoms with Crippen molar-refractivity contribution in [3.63, 3.8) is 0 Å². The van der Waals surface area contributed by atoms with Gasteiger partial charge in [0.15, 0.2) is 5.75 Å². The van der Waals surface area contributed by atoms with Gasteiger partial charge in [0.2, 0.25) is 0 Å². The van der Waals surface area contributed by atoms with Gasteiger partial charge in [-0.05, 0) is 56.6 Å². The molecule has 8 nitrogen and oxygen atoms in total. The Morgan fingerprint density at radius 3 is 2.62 bits per heavy atom. The van der Waals surface area contributed by atoms with E-state index >= 15 is 0 Å². The molecule has 1 heterocycles. The predicted molar refractivity (Wildman–Crippen MR) is 159 cm³/mol. The van der Waals surface area contributed by atoms with Gasteiger partial charge in [-0.15, -0.1) is 0 Å². The van der Waals surface area contributed by atoms with E-state index in [2.05, 4.69) is 15.5 Å². The van der Waals surface area contributed by atoms with Gasteiger partial charge < -0.3 is 25.4 Å². The smallest absolute Gasteiger partial charge is 0.319 e. The van der Waals surface area contributed by atoms with Crippen LogP contribution in [0.4, 0.5) is 10.5 Å². The molecule has 3 N–H and O–H groups in total. The first-order chi connectivity index (χ1) is 19.2. The molecule has 3 atom stereocenters. The highest BCUT2D eigenvalue weighted by Gasteiger charge is 2.34. The van der Waals surface area contributed by atoms with Crippen molar-refractivity contribution in [3.05, 3.63) is 57.6 Å². The number of rotatable bonds is 8. The normalized spacial score (nSPS) is 20.8. The van der Waals surface area contributed by atoms with Gasteiger partial charge >= 0.3 is 6.03 Å². The highest BCUT2D eigenvalue weighted by atomic mass is 35.5. The van der Waals surface area contributed by atoms with Gasteiger partial charge in [-0.1, -0.05) is 61.5 Å². The molecule has 218 valence electrons. The molecule has 3 amide bonds. The lowest BCUT2D eigenvalue weighted by Crippen LogP contribution is -2.50. The summed E-state index contributed by atoms with van der Waals surface area (Å²) < 4.78 is 6.61. The monoisotopic (exact) mass is 590 g/mol. The highest BCUT2D eigenvalue weighted by Crippen LogP contribution is 2.35. The number of halogens is 2. The number of nitrogens with one attached hydrogen (secondary N) is 2. The van der Waals surface area contributed by atoms with E-state index in [4.69, 9.17) is 27.9 Å². The number of hydrogen-bond acceptors (Lipinski definition) is 5. The Labute approximate surface area is 247 Å². The van der Waals surface area contributed by atoms with E-state index in [1.807, 2.05) is 33.0 Å². The molecule has 0 unspecified atom stereocenters. The summed E-state index contributed by atoms with van der Waals surface area (Å²) in [7, 11) is 2.00. The molecule has 0 bridgehead atoms. The summed E-state index contributed by atoms with van der Waals surface area (Å²) in [6.45, 7) is 5.31. The Morgan fingerprint density at radius 2 is 1.93 bits per heavy atom. The lowest BCUT2D eigenvalue weighted by atomic mass is 9.96. The summed E-state index contributed by atoms with van der Waals surface area (Å²) in [6.07, 6.45) is 5.04. The molecule has 0 saturated heterocycles. The van der Waals surface area contributed by atoms with Crippen LogP contribution in [0.15, 0.2) is 36.4 Å². The molecule has 1 fully saturated rings. The molecule has 0 aromatic heterocycles. The van der Waals surface area contributed by atoms with Crippen LogP contribution >= 0.6 is 23.2 Å². The summed E-state index contributed by atoms with van der Waals surface area (Å²) in [5, 5.41) is 17.0. The van der Waals surface area contributed by atoms with Crippen LogP contribution in [0.1, 0.15) is 61.9 Å². The van der Waals surface area contributed by atoms with Crippen molar-refractivity contribution >= 4 is 40.8 Å². The number of nitrogens with zero attached hydrogens (tertiary/aromatic N) is 2. The number of aliphatic hydroxyl groups excluding tert-OH is 1. The number of anilines is 1. The summed E-state index contributed by atoms with van der Waals surface area (Å²) in [5.74, 6) is 0.0507. The molecule has 0 radical (unpaired) electrons. The van der Waals surface area contributed by atoms with Crippen LogP contribution in [0.5, 0.6) is 5.75 Å². The Kier molecular flexibility index (Phi) is 10.6. The molecule has 10 heteroatoms. The van der Waals surface area contributed by atoms with Crippen molar-refractivity contribution < 1.29 is 19.4 Å². The third kappa shape index (κ3) is 7.60. The van der Waals surface area contributed by atoms with Crippen LogP contribution in [-0.4, -0.2) is 71.8 Å². The van der Waals surface area contributed by atoms with Gasteiger partial charge in [0, 0.05) is 31.6 Å². The molecule has 1 saturated carbocycles. The molecule has 0 spiro atoms. The van der Waals surface area contributed by atoms with Crippen LogP contribution < -0.4 is 15.4 Å². The molecular weight excluding hydrogens is 551 g/mol. The largest absolute Gasteiger partial charge is 0.486 e. The first-order valence-corrected chi connectivity index (χ1v) is 14.8. The summed E-state index contributed by atoms with van der Waals surface area (Å²) in [4.78, 5) is 30.5. The molecule has 1 aliphatic carbocycles. The Bertz CT molecular complexity index is 1190. The number of para-hydroxylation sites is 1. The Morgan fingerprint density at radius 1 is 1.18 bits per heavy atom. The van der Waals surface area contributed by atoms with E-state index in [1.54, 1.807) is 29.2 Å². The Balaban J connectivity index is 1.60. The fraction of sp³-hybridized carbons (Fsp3) is 0.533. The van der Waals surface area contributed by atoms with Crippen molar-refractivity contribution in [1.29, 1.82) is 0 Å². The van der Waals surface area contributed by atoms with Crippen LogP contribution in [0.3, 0.4) is 0 Å². The number of likely N-dealkylation sites (N-methyl/N-ethyl adjacent to an activating group) is 1. The zero-order chi connectivity index (χ0) is 28.8. The number of ether oxygens (including phenoxy) is 1. The minimum absolute atomic E-state index is 0.0634. The van der Waals surface area contributed by atoms with Crippen LogP contribution in [0.25, 0.3) is 0 Å². The molecule has 4 rings (SSSR count). The molecule has 1 aliphatic heterocycles. The van der Waals surface area contributed by atoms with Crippen LogP contribution in [-0.2, 0) is 6.54 Å². The van der Waals surface area contributed by atoms with Gasteiger partial charge in [0.1, 0.15) is 6.10 Å². The van der Waals surface area contributed by atoms with Gasteiger partial charge in [-0.2, -0.15) is 0 Å². The lowest BCUT2D eigenvalue weighted by Gasteiger charge is -2.38. The maximum atomic E-state index is 13.7. The number of fused-ring (bicyclic) bond motifs is 1. The zero-order valence-electron chi connectivity index (χ0n) is 23.5. The quantitative estimate of drug-likeness (QED) is 0.361. The third-order valence-corrected chi connectivity index (χ3v) is 8.55. The van der Waals surface area contributed by atoms with E-state index in [0.29, 0.717) is 46.7 Å². The predicted octanol–water partition coefficient (Wildman–Crippen LogP) is 5.80. The summed E-state index contributed by atoms with van der Waals surface area (Å²) in [6, 6.07) is 10.3. The van der Waals surface area contributed by atoms with E-state index in [0.717, 1.165) is 31.2 Å². The van der Waals surface area contributed by atoms with Crippen molar-refractivity contribution in [3.8, 4) is 5.75 Å². The van der Waals surface area contributed by atoms with Crippen molar-refractivity contribution in [2.75, 3.05) is 32.1 Å². The number of carbonyl (C=O) groups is 2. The number of urea groups is 1. The third-order valence-electron chi connectivity index (χ3n) is 7.81. The van der Waals surface area contributed by atoms with Crippen molar-refractivity contribution in [2.24, 2.45) is 5.92 Å². The van der Waals surface area contributed by atoms with E-state index in [-0.39, 0.29) is 42.7 Å². The second-order valence-electron chi connectivity index (χ2n) is 11.2. The van der Waals surface area contributed by atoms with Crippen molar-refractivity contribution in [1.82, 2.24) is 15.1 Å². The van der Waals surface area contributed by atoms with E-state index in [1.165, 1.54) is 6.42 Å². The Hall–Kier alpha value is -2.52. The summed E-state index contributed by atoms with van der Waals surface area (Å²) >= 11 is 12.3. The maximum absolute atomic E-state index is 13.7. The fourth-order valence-electron chi connectivity index (χ4n) is 5.47.